The molecule has 1 N–H and O–H groups in total. The van der Waals surface area contributed by atoms with Crippen LogP contribution in [-0.2, 0) is 13.2 Å². The average Bonchev–Trinajstić information content (AvgIpc) is 3.07. The first-order valence-corrected chi connectivity index (χ1v) is 8.23. The molecule has 0 fully saturated rings. The molecule has 1 aromatic heterocycles. The van der Waals surface area contributed by atoms with Crippen molar-refractivity contribution < 1.29 is 9.13 Å². The molecule has 124 valence electrons. The van der Waals surface area contributed by atoms with Crippen LogP contribution in [0.3, 0.4) is 0 Å². The number of hydrogen-bond donors (Lipinski definition) is 1. The summed E-state index contributed by atoms with van der Waals surface area (Å²) in [5, 5.41) is 7.79. The lowest BCUT2D eigenvalue weighted by Crippen LogP contribution is -2.13. The van der Waals surface area contributed by atoms with Crippen LogP contribution < -0.4 is 10.2 Å². The Morgan fingerprint density at radius 3 is 2.75 bits per heavy atom. The van der Waals surface area contributed by atoms with Crippen LogP contribution in [0.25, 0.3) is 0 Å². The highest BCUT2D eigenvalue weighted by atomic mass is 79.9. The molecule has 0 aliphatic carbocycles. The summed E-state index contributed by atoms with van der Waals surface area (Å²) in [5.41, 5.74) is 4.35. The Balaban J connectivity index is 1.75. The van der Waals surface area contributed by atoms with E-state index in [1.54, 1.807) is 29.5 Å². The predicted octanol–water partition coefficient (Wildman–Crippen LogP) is 4.16. The Kier molecular flexibility index (Phi) is 5.32. The highest BCUT2D eigenvalue weighted by molar-refractivity contribution is 9.10. The predicted molar refractivity (Wildman–Crippen MR) is 93.0 cm³/mol. The molecular weight excluding hydrogens is 399 g/mol. The molecule has 0 saturated heterocycles. The largest absolute Gasteiger partial charge is 0.488 e. The van der Waals surface area contributed by atoms with Crippen LogP contribution in [0, 0.1) is 5.82 Å². The van der Waals surface area contributed by atoms with Crippen molar-refractivity contribution in [2.45, 2.75) is 13.2 Å². The van der Waals surface area contributed by atoms with E-state index in [0.717, 1.165) is 10.0 Å². The molecule has 0 unspecified atom stereocenters. The number of rotatable bonds is 6. The van der Waals surface area contributed by atoms with E-state index in [1.165, 1.54) is 6.07 Å². The molecule has 0 saturated carbocycles. The summed E-state index contributed by atoms with van der Waals surface area (Å²) in [6.07, 6.45) is 3.11. The molecule has 0 spiro atoms. The number of benzene rings is 2. The van der Waals surface area contributed by atoms with Gasteiger partial charge in [-0.25, -0.2) is 9.07 Å². The Hall–Kier alpha value is -2.12. The normalized spacial score (nSPS) is 10.6. The summed E-state index contributed by atoms with van der Waals surface area (Å²) in [5.74, 6) is 0.252. The summed E-state index contributed by atoms with van der Waals surface area (Å²) in [6, 6.07) is 10.2. The third-order valence-corrected chi connectivity index (χ3v) is 4.17. The Morgan fingerprint density at radius 1 is 1.21 bits per heavy atom. The van der Waals surface area contributed by atoms with Gasteiger partial charge in [0.2, 0.25) is 0 Å². The van der Waals surface area contributed by atoms with E-state index in [9.17, 15) is 4.39 Å². The van der Waals surface area contributed by atoms with Crippen LogP contribution in [0.5, 0.6) is 5.75 Å². The van der Waals surface area contributed by atoms with Crippen molar-refractivity contribution in [1.82, 2.24) is 14.9 Å². The zero-order valence-corrected chi connectivity index (χ0v) is 14.8. The number of nitrogens with zero attached hydrogens (tertiary/aromatic N) is 3. The van der Waals surface area contributed by atoms with Crippen molar-refractivity contribution >= 4 is 27.5 Å². The fraction of sp³-hybridized carbons (Fsp3) is 0.125. The van der Waals surface area contributed by atoms with Gasteiger partial charge in [0, 0.05) is 15.6 Å². The minimum Gasteiger partial charge on any atom is -0.488 e. The van der Waals surface area contributed by atoms with E-state index >= 15 is 0 Å². The molecule has 0 aliphatic rings. The fourth-order valence-corrected chi connectivity index (χ4v) is 2.73. The van der Waals surface area contributed by atoms with Crippen molar-refractivity contribution in [1.29, 1.82) is 0 Å². The van der Waals surface area contributed by atoms with Gasteiger partial charge in [0.1, 0.15) is 30.8 Å². The molecule has 24 heavy (non-hydrogen) atoms. The summed E-state index contributed by atoms with van der Waals surface area (Å²) in [6.45, 7) is 0.532. The Bertz CT molecular complexity index is 809. The first-order valence-electron chi connectivity index (χ1n) is 7.06. The minimum absolute atomic E-state index is 0.0484. The third-order valence-electron chi connectivity index (χ3n) is 3.33. The lowest BCUT2D eigenvalue weighted by atomic mass is 10.2. The van der Waals surface area contributed by atoms with Gasteiger partial charge in [-0.2, -0.15) is 0 Å². The van der Waals surface area contributed by atoms with Crippen LogP contribution >= 0.6 is 27.5 Å². The third kappa shape index (κ3) is 4.04. The maximum atomic E-state index is 13.9. The van der Waals surface area contributed by atoms with Crippen LogP contribution in [0.2, 0.25) is 5.02 Å². The van der Waals surface area contributed by atoms with Crippen molar-refractivity contribution in [3.05, 3.63) is 75.5 Å². The van der Waals surface area contributed by atoms with Gasteiger partial charge in [-0.3, -0.25) is 0 Å². The van der Waals surface area contributed by atoms with Crippen LogP contribution in [0.4, 0.5) is 4.39 Å². The van der Waals surface area contributed by atoms with Crippen LogP contribution in [0.15, 0.2) is 53.5 Å². The Morgan fingerprint density at radius 2 is 2.00 bits per heavy atom. The quantitative estimate of drug-likeness (QED) is 0.662. The summed E-state index contributed by atoms with van der Waals surface area (Å²) in [4.78, 5) is 0. The minimum atomic E-state index is -0.385. The second-order valence-electron chi connectivity index (χ2n) is 4.94. The highest BCUT2D eigenvalue weighted by Crippen LogP contribution is 2.26. The highest BCUT2D eigenvalue weighted by Gasteiger charge is 2.10. The maximum absolute atomic E-state index is 13.9. The molecule has 1 heterocycles. The topological polar surface area (TPSA) is 52.0 Å². The lowest BCUT2D eigenvalue weighted by Gasteiger charge is -2.14. The molecule has 0 bridgehead atoms. The lowest BCUT2D eigenvalue weighted by molar-refractivity contribution is 0.297. The van der Waals surface area contributed by atoms with E-state index in [2.05, 4.69) is 31.6 Å². The van der Waals surface area contributed by atoms with E-state index in [-0.39, 0.29) is 12.4 Å². The van der Waals surface area contributed by atoms with Crippen LogP contribution in [0.1, 0.15) is 11.1 Å². The summed E-state index contributed by atoms with van der Waals surface area (Å²) in [7, 11) is 0. The van der Waals surface area contributed by atoms with Crippen molar-refractivity contribution in [3.8, 4) is 5.75 Å². The smallest absolute Gasteiger partial charge is 0.138 e. The average molecular weight is 412 g/mol. The molecule has 8 heteroatoms. The number of ether oxygens (including phenoxy) is 1. The van der Waals surface area contributed by atoms with Gasteiger partial charge >= 0.3 is 0 Å². The van der Waals surface area contributed by atoms with Crippen molar-refractivity contribution in [2.75, 3.05) is 5.43 Å². The zero-order valence-electron chi connectivity index (χ0n) is 12.4. The van der Waals surface area contributed by atoms with Gasteiger partial charge in [0.25, 0.3) is 0 Å². The Labute approximate surface area is 151 Å². The van der Waals surface area contributed by atoms with Gasteiger partial charge < -0.3 is 10.2 Å². The molecule has 2 aromatic carbocycles. The summed E-state index contributed by atoms with van der Waals surface area (Å²) >= 11 is 9.47. The molecule has 0 atom stereocenters. The van der Waals surface area contributed by atoms with Gasteiger partial charge in [-0.15, -0.1) is 10.2 Å². The maximum Gasteiger partial charge on any atom is 0.138 e. The number of nitrogens with one attached hydrogen (secondary N) is 1. The second kappa shape index (κ2) is 7.63. The van der Waals surface area contributed by atoms with E-state index in [4.69, 9.17) is 16.3 Å². The molecule has 0 aliphatic heterocycles. The van der Waals surface area contributed by atoms with E-state index < -0.39 is 0 Å². The number of halogens is 3. The zero-order chi connectivity index (χ0) is 16.9. The standard InChI is InChI=1S/C16H13BrClFN4O/c17-12-4-5-16(11(6-12)7-22-23-9-20-21-10-23)24-8-13-14(18)2-1-3-15(13)19/h1-6,9-10,22H,7-8H2. The number of hydrogen-bond acceptors (Lipinski definition) is 4. The first kappa shape index (κ1) is 16.7. The molecule has 3 aromatic rings. The summed E-state index contributed by atoms with van der Waals surface area (Å²) < 4.78 is 22.2. The molecule has 3 rings (SSSR count). The number of aromatic nitrogens is 3. The molecule has 0 amide bonds. The van der Waals surface area contributed by atoms with Gasteiger partial charge in [-0.1, -0.05) is 33.6 Å². The van der Waals surface area contributed by atoms with Gasteiger partial charge in [0.05, 0.1) is 11.6 Å². The first-order chi connectivity index (χ1) is 11.6. The fourth-order valence-electron chi connectivity index (χ4n) is 2.11. The molecule has 0 radical (unpaired) electrons. The van der Waals surface area contributed by atoms with E-state index in [1.807, 2.05) is 18.2 Å². The van der Waals surface area contributed by atoms with Crippen LogP contribution in [-0.4, -0.2) is 14.9 Å². The monoisotopic (exact) mass is 410 g/mol. The van der Waals surface area contributed by atoms with Crippen molar-refractivity contribution in [2.24, 2.45) is 0 Å². The van der Waals surface area contributed by atoms with E-state index in [0.29, 0.717) is 22.9 Å². The SMILES string of the molecule is Fc1cccc(Cl)c1COc1ccc(Br)cc1CNn1cnnc1. The second-order valence-corrected chi connectivity index (χ2v) is 6.27. The van der Waals surface area contributed by atoms with Gasteiger partial charge in [0.15, 0.2) is 0 Å². The molecular formula is C16H13BrClFN4O. The molecule has 5 nitrogen and oxygen atoms in total. The van der Waals surface area contributed by atoms with Crippen molar-refractivity contribution in [3.63, 3.8) is 0 Å². The van der Waals surface area contributed by atoms with Gasteiger partial charge in [-0.05, 0) is 30.3 Å².